The van der Waals surface area contributed by atoms with Crippen LogP contribution in [-0.4, -0.2) is 13.1 Å². The third kappa shape index (κ3) is 4.81. The van der Waals surface area contributed by atoms with Crippen LogP contribution in [-0.2, 0) is 9.59 Å². The van der Waals surface area contributed by atoms with E-state index < -0.39 is 0 Å². The first-order valence-corrected chi connectivity index (χ1v) is 5.11. The predicted molar refractivity (Wildman–Crippen MR) is 53.5 cm³/mol. The van der Waals surface area contributed by atoms with Crippen LogP contribution in [0.3, 0.4) is 0 Å². The van der Waals surface area contributed by atoms with Crippen LogP contribution >= 0.6 is 0 Å². The molecular weight excluding hydrogens is 164 g/mol. The minimum Gasteiger partial charge on any atom is -0.307 e. The molecule has 0 aromatic rings. The molecule has 2 heteroatoms. The van der Waals surface area contributed by atoms with Crippen molar-refractivity contribution < 1.29 is 9.59 Å². The third-order valence-corrected chi connectivity index (χ3v) is 2.71. The van der Waals surface area contributed by atoms with Crippen molar-refractivity contribution in [3.63, 3.8) is 0 Å². The van der Waals surface area contributed by atoms with E-state index in [-0.39, 0.29) is 0 Å². The molecule has 0 aliphatic heterocycles. The molecule has 1 aliphatic rings. The molecule has 76 valence electrons. The Balaban J connectivity index is 0.000000671. The summed E-state index contributed by atoms with van der Waals surface area (Å²) in [5.41, 5.74) is 0. The van der Waals surface area contributed by atoms with Crippen LogP contribution in [0.25, 0.3) is 0 Å². The Morgan fingerprint density at radius 1 is 1.38 bits per heavy atom. The quantitative estimate of drug-likeness (QED) is 0.632. The normalized spacial score (nSPS) is 27.2. The highest BCUT2D eigenvalue weighted by molar-refractivity contribution is 5.53. The van der Waals surface area contributed by atoms with Gasteiger partial charge >= 0.3 is 0 Å². The average Bonchev–Trinajstić information content (AvgIpc) is 2.22. The van der Waals surface area contributed by atoms with Crippen molar-refractivity contribution in [2.24, 2.45) is 11.8 Å². The molecule has 0 aromatic carbocycles. The van der Waals surface area contributed by atoms with Crippen molar-refractivity contribution in [3.05, 3.63) is 0 Å². The first kappa shape index (κ1) is 12.3. The first-order valence-electron chi connectivity index (χ1n) is 5.11. The molecule has 0 amide bonds. The Labute approximate surface area is 80.7 Å². The molecule has 2 nitrogen and oxygen atoms in total. The van der Waals surface area contributed by atoms with E-state index in [1.165, 1.54) is 25.7 Å². The smallest absolute Gasteiger partial charge is 0.123 e. The van der Waals surface area contributed by atoms with E-state index in [1.807, 2.05) is 6.79 Å². The lowest BCUT2D eigenvalue weighted by Gasteiger charge is -2.25. The minimum absolute atomic E-state index is 0.389. The second-order valence-corrected chi connectivity index (χ2v) is 3.72. The maximum absolute atomic E-state index is 10.5. The maximum Gasteiger partial charge on any atom is 0.123 e. The largest absolute Gasteiger partial charge is 0.307 e. The van der Waals surface area contributed by atoms with Crippen LogP contribution in [0, 0.1) is 11.8 Å². The van der Waals surface area contributed by atoms with Gasteiger partial charge in [-0.05, 0) is 18.8 Å². The van der Waals surface area contributed by atoms with Gasteiger partial charge in [0.2, 0.25) is 0 Å². The van der Waals surface area contributed by atoms with Crippen LogP contribution in [0.1, 0.15) is 45.4 Å². The van der Waals surface area contributed by atoms with E-state index in [2.05, 4.69) is 6.92 Å². The highest BCUT2D eigenvalue weighted by Gasteiger charge is 2.20. The molecule has 0 heterocycles. The molecule has 0 bridgehead atoms. The van der Waals surface area contributed by atoms with E-state index in [0.29, 0.717) is 5.92 Å². The van der Waals surface area contributed by atoms with E-state index in [9.17, 15) is 4.79 Å². The van der Waals surface area contributed by atoms with Gasteiger partial charge in [-0.25, -0.2) is 0 Å². The molecule has 0 N–H and O–H groups in total. The number of carbonyl (C=O) groups excluding carboxylic acids is 2. The van der Waals surface area contributed by atoms with Crippen LogP contribution in [0.4, 0.5) is 0 Å². The molecule has 1 aliphatic carbocycles. The number of rotatable bonds is 3. The fourth-order valence-electron chi connectivity index (χ4n) is 2.13. The zero-order valence-electron chi connectivity index (χ0n) is 8.50. The predicted octanol–water partition coefficient (Wildman–Crippen LogP) is 2.61. The Hall–Kier alpha value is -0.660. The second-order valence-electron chi connectivity index (χ2n) is 3.72. The molecule has 1 saturated carbocycles. The van der Waals surface area contributed by atoms with Gasteiger partial charge < -0.3 is 9.59 Å². The Morgan fingerprint density at radius 3 is 2.62 bits per heavy atom. The molecule has 2 atom stereocenters. The van der Waals surface area contributed by atoms with Crippen LogP contribution in [0.2, 0.25) is 0 Å². The monoisotopic (exact) mass is 184 g/mol. The molecule has 1 fully saturated rings. The van der Waals surface area contributed by atoms with E-state index in [0.717, 1.165) is 25.0 Å². The average molecular weight is 184 g/mol. The topological polar surface area (TPSA) is 34.1 Å². The lowest BCUT2D eigenvalue weighted by atomic mass is 9.80. The van der Waals surface area contributed by atoms with Gasteiger partial charge in [0.05, 0.1) is 0 Å². The van der Waals surface area contributed by atoms with E-state index >= 15 is 0 Å². The standard InChI is InChI=1S/C10H18O.CH2O/c1-2-4-9-5-3-6-10(7-9)8-11;1-2/h8-10H,2-7H2,1H3;1H2. The number of hydrogen-bond acceptors (Lipinski definition) is 2. The number of aldehydes is 1. The number of hydrogen-bond donors (Lipinski definition) is 0. The summed E-state index contributed by atoms with van der Waals surface area (Å²) in [6, 6.07) is 0. The van der Waals surface area contributed by atoms with Crippen LogP contribution in [0.15, 0.2) is 0 Å². The molecule has 2 unspecified atom stereocenters. The summed E-state index contributed by atoms with van der Waals surface area (Å²) in [5, 5.41) is 0. The summed E-state index contributed by atoms with van der Waals surface area (Å²) in [5.74, 6) is 1.24. The Bertz CT molecular complexity index is 132. The van der Waals surface area contributed by atoms with Gasteiger partial charge in [0.15, 0.2) is 0 Å². The fraction of sp³-hybridized carbons (Fsp3) is 0.818. The SMILES string of the molecule is C=O.CCCC1CCCC(C=O)C1. The van der Waals surface area contributed by atoms with Crippen molar-refractivity contribution in [1.82, 2.24) is 0 Å². The van der Waals surface area contributed by atoms with Gasteiger partial charge in [-0.3, -0.25) is 0 Å². The van der Waals surface area contributed by atoms with Gasteiger partial charge in [-0.15, -0.1) is 0 Å². The Morgan fingerprint density at radius 2 is 2.08 bits per heavy atom. The zero-order chi connectivity index (χ0) is 10.1. The second kappa shape index (κ2) is 7.96. The fourth-order valence-corrected chi connectivity index (χ4v) is 2.13. The maximum atomic E-state index is 10.5. The summed E-state index contributed by atoms with van der Waals surface area (Å²) in [6.07, 6.45) is 8.69. The lowest BCUT2D eigenvalue weighted by Crippen LogP contribution is -2.16. The van der Waals surface area contributed by atoms with Crippen LogP contribution in [0.5, 0.6) is 0 Å². The summed E-state index contributed by atoms with van der Waals surface area (Å²) in [4.78, 5) is 18.5. The van der Waals surface area contributed by atoms with Crippen molar-refractivity contribution in [2.75, 3.05) is 0 Å². The zero-order valence-corrected chi connectivity index (χ0v) is 8.50. The molecule has 0 aromatic heterocycles. The van der Waals surface area contributed by atoms with Crippen molar-refractivity contribution in [3.8, 4) is 0 Å². The van der Waals surface area contributed by atoms with Crippen LogP contribution < -0.4 is 0 Å². The van der Waals surface area contributed by atoms with Crippen molar-refractivity contribution in [1.29, 1.82) is 0 Å². The van der Waals surface area contributed by atoms with Crippen molar-refractivity contribution in [2.45, 2.75) is 45.4 Å². The minimum atomic E-state index is 0.389. The first-order chi connectivity index (χ1) is 6.36. The highest BCUT2D eigenvalue weighted by atomic mass is 16.1. The van der Waals surface area contributed by atoms with Crippen molar-refractivity contribution >= 4 is 13.1 Å². The summed E-state index contributed by atoms with van der Waals surface area (Å²) >= 11 is 0. The van der Waals surface area contributed by atoms with Gasteiger partial charge in [0.1, 0.15) is 13.1 Å². The summed E-state index contributed by atoms with van der Waals surface area (Å²) in [6.45, 7) is 4.23. The van der Waals surface area contributed by atoms with E-state index in [1.54, 1.807) is 0 Å². The molecule has 13 heavy (non-hydrogen) atoms. The molecule has 0 saturated heterocycles. The van der Waals surface area contributed by atoms with Gasteiger partial charge in [-0.2, -0.15) is 0 Å². The van der Waals surface area contributed by atoms with Gasteiger partial charge in [-0.1, -0.05) is 32.6 Å². The van der Waals surface area contributed by atoms with E-state index in [4.69, 9.17) is 4.79 Å². The molecular formula is C11H20O2. The highest BCUT2D eigenvalue weighted by Crippen LogP contribution is 2.30. The Kier molecular flexibility index (Phi) is 7.56. The molecule has 0 spiro atoms. The van der Waals surface area contributed by atoms with Gasteiger partial charge in [0, 0.05) is 5.92 Å². The lowest BCUT2D eigenvalue weighted by molar-refractivity contribution is -0.112. The third-order valence-electron chi connectivity index (χ3n) is 2.71. The van der Waals surface area contributed by atoms with Gasteiger partial charge in [0.25, 0.3) is 0 Å². The summed E-state index contributed by atoms with van der Waals surface area (Å²) < 4.78 is 0. The molecule has 0 radical (unpaired) electrons. The summed E-state index contributed by atoms with van der Waals surface area (Å²) in [7, 11) is 0. The number of carbonyl (C=O) groups is 2. The molecule has 1 rings (SSSR count).